The molecular weight excluding hydrogens is 224 g/mol. The van der Waals surface area contributed by atoms with Gasteiger partial charge in [-0.1, -0.05) is 12.8 Å². The molecule has 5 atom stereocenters. The maximum atomic E-state index is 5.47. The molecule has 2 saturated heterocycles. The van der Waals surface area contributed by atoms with Crippen molar-refractivity contribution in [1.29, 1.82) is 0 Å². The smallest absolute Gasteiger partial charge is 0.0509 e. The van der Waals surface area contributed by atoms with Gasteiger partial charge in [-0.15, -0.1) is 0 Å². The Kier molecular flexibility index (Phi) is 4.22. The fourth-order valence-corrected chi connectivity index (χ4v) is 4.03. The molecule has 3 nitrogen and oxygen atoms in total. The highest BCUT2D eigenvalue weighted by molar-refractivity contribution is 4.94. The molecule has 104 valence electrons. The Hall–Kier alpha value is -0.120. The zero-order valence-corrected chi connectivity index (χ0v) is 11.7. The van der Waals surface area contributed by atoms with Crippen molar-refractivity contribution in [3.8, 4) is 0 Å². The Labute approximate surface area is 111 Å². The first kappa shape index (κ1) is 12.9. The van der Waals surface area contributed by atoms with Crippen LogP contribution in [0.5, 0.6) is 0 Å². The van der Waals surface area contributed by atoms with Crippen LogP contribution in [0.4, 0.5) is 0 Å². The molecule has 0 spiro atoms. The second kappa shape index (κ2) is 5.89. The predicted octanol–water partition coefficient (Wildman–Crippen LogP) is 1.92. The minimum atomic E-state index is 0.608. The van der Waals surface area contributed by atoms with E-state index < -0.39 is 0 Å². The van der Waals surface area contributed by atoms with Gasteiger partial charge in [0.2, 0.25) is 0 Å². The van der Waals surface area contributed by atoms with E-state index in [-0.39, 0.29) is 0 Å². The largest absolute Gasteiger partial charge is 0.381 e. The van der Waals surface area contributed by atoms with Crippen molar-refractivity contribution in [2.45, 2.75) is 63.6 Å². The molecule has 1 saturated carbocycles. The Morgan fingerprint density at radius 2 is 2.17 bits per heavy atom. The Morgan fingerprint density at radius 1 is 1.28 bits per heavy atom. The summed E-state index contributed by atoms with van der Waals surface area (Å²) in [6, 6.07) is 2.15. The molecule has 3 fully saturated rings. The van der Waals surface area contributed by atoms with Gasteiger partial charge in [0.15, 0.2) is 0 Å². The molecular formula is C15H28N2O. The highest BCUT2D eigenvalue weighted by Gasteiger charge is 2.35. The molecule has 2 heterocycles. The molecule has 3 aliphatic rings. The van der Waals surface area contributed by atoms with Crippen molar-refractivity contribution in [2.24, 2.45) is 11.8 Å². The zero-order valence-electron chi connectivity index (χ0n) is 11.7. The van der Waals surface area contributed by atoms with Crippen LogP contribution >= 0.6 is 0 Å². The summed E-state index contributed by atoms with van der Waals surface area (Å²) in [6.07, 6.45) is 8.39. The minimum absolute atomic E-state index is 0.608. The zero-order chi connectivity index (χ0) is 12.4. The van der Waals surface area contributed by atoms with Gasteiger partial charge in [0.1, 0.15) is 0 Å². The van der Waals surface area contributed by atoms with Gasteiger partial charge in [-0.05, 0) is 44.4 Å². The average Bonchev–Trinajstić information content (AvgIpc) is 3.04. The highest BCUT2D eigenvalue weighted by Crippen LogP contribution is 2.33. The van der Waals surface area contributed by atoms with Crippen molar-refractivity contribution in [3.63, 3.8) is 0 Å². The van der Waals surface area contributed by atoms with Crippen molar-refractivity contribution in [2.75, 3.05) is 19.8 Å². The van der Waals surface area contributed by atoms with Crippen molar-refractivity contribution >= 4 is 0 Å². The minimum Gasteiger partial charge on any atom is -0.381 e. The molecule has 3 heteroatoms. The molecule has 0 amide bonds. The molecule has 2 N–H and O–H groups in total. The molecule has 3 rings (SSSR count). The predicted molar refractivity (Wildman–Crippen MR) is 73.7 cm³/mol. The van der Waals surface area contributed by atoms with Gasteiger partial charge in [-0.25, -0.2) is 0 Å². The fraction of sp³-hybridized carbons (Fsp3) is 1.00. The van der Waals surface area contributed by atoms with Gasteiger partial charge < -0.3 is 15.4 Å². The first-order valence-electron chi connectivity index (χ1n) is 7.90. The van der Waals surface area contributed by atoms with Gasteiger partial charge in [0, 0.05) is 31.3 Å². The van der Waals surface area contributed by atoms with Gasteiger partial charge in [0.25, 0.3) is 0 Å². The summed E-state index contributed by atoms with van der Waals surface area (Å²) in [7, 11) is 0. The van der Waals surface area contributed by atoms with Crippen molar-refractivity contribution in [3.05, 3.63) is 0 Å². The Bertz CT molecular complexity index is 251. The van der Waals surface area contributed by atoms with Crippen LogP contribution in [-0.4, -0.2) is 37.9 Å². The van der Waals surface area contributed by atoms with Gasteiger partial charge >= 0.3 is 0 Å². The fourth-order valence-electron chi connectivity index (χ4n) is 4.03. The summed E-state index contributed by atoms with van der Waals surface area (Å²) in [4.78, 5) is 0. The average molecular weight is 252 g/mol. The molecule has 0 aromatic carbocycles. The Morgan fingerprint density at radius 3 is 2.94 bits per heavy atom. The first-order valence-corrected chi connectivity index (χ1v) is 7.90. The summed E-state index contributed by atoms with van der Waals surface area (Å²) in [5.41, 5.74) is 0. The van der Waals surface area contributed by atoms with Gasteiger partial charge in [-0.3, -0.25) is 0 Å². The van der Waals surface area contributed by atoms with Crippen LogP contribution in [0.15, 0.2) is 0 Å². The van der Waals surface area contributed by atoms with E-state index in [0.717, 1.165) is 37.6 Å². The van der Waals surface area contributed by atoms with E-state index in [9.17, 15) is 0 Å². The monoisotopic (exact) mass is 252 g/mol. The number of nitrogens with one attached hydrogen (secondary N) is 2. The van der Waals surface area contributed by atoms with Gasteiger partial charge in [0.05, 0.1) is 6.61 Å². The summed E-state index contributed by atoms with van der Waals surface area (Å²) in [5, 5.41) is 7.58. The number of fused-ring (bicyclic) bond motifs is 1. The molecule has 18 heavy (non-hydrogen) atoms. The van der Waals surface area contributed by atoms with E-state index >= 15 is 0 Å². The first-order chi connectivity index (χ1) is 8.83. The van der Waals surface area contributed by atoms with Crippen LogP contribution in [0.1, 0.15) is 45.4 Å². The Balaban J connectivity index is 1.40. The summed E-state index contributed by atoms with van der Waals surface area (Å²) in [5.74, 6) is 1.70. The van der Waals surface area contributed by atoms with E-state index in [1.165, 1.54) is 38.5 Å². The molecule has 0 aromatic heterocycles. The normalized spacial score (nSPS) is 41.8. The quantitative estimate of drug-likeness (QED) is 0.802. The second-order valence-electron chi connectivity index (χ2n) is 6.57. The van der Waals surface area contributed by atoms with E-state index in [1.807, 2.05) is 0 Å². The van der Waals surface area contributed by atoms with Crippen LogP contribution in [0.3, 0.4) is 0 Å². The molecule has 0 bridgehead atoms. The molecule has 1 aliphatic carbocycles. The number of hydrogen-bond donors (Lipinski definition) is 2. The standard InChI is InChI=1S/C15H28N2O/c1-11(13-6-7-18-10-13)16-9-14-8-12-4-2-3-5-15(12)17-14/h11-17H,2-10H2,1H3. The maximum absolute atomic E-state index is 5.47. The van der Waals surface area contributed by atoms with Crippen LogP contribution in [-0.2, 0) is 4.74 Å². The van der Waals surface area contributed by atoms with Crippen LogP contribution < -0.4 is 10.6 Å². The van der Waals surface area contributed by atoms with Gasteiger partial charge in [-0.2, -0.15) is 0 Å². The maximum Gasteiger partial charge on any atom is 0.0509 e. The third-order valence-electron chi connectivity index (χ3n) is 5.30. The van der Waals surface area contributed by atoms with Crippen LogP contribution in [0, 0.1) is 11.8 Å². The lowest BCUT2D eigenvalue weighted by Crippen LogP contribution is -2.43. The number of ether oxygens (including phenoxy) is 1. The SMILES string of the molecule is CC(NCC1CC2CCCCC2N1)C1CCOC1. The third-order valence-corrected chi connectivity index (χ3v) is 5.30. The third kappa shape index (κ3) is 2.89. The summed E-state index contributed by atoms with van der Waals surface area (Å²) < 4.78 is 5.47. The number of hydrogen-bond acceptors (Lipinski definition) is 3. The van der Waals surface area contributed by atoms with E-state index in [0.29, 0.717) is 12.1 Å². The second-order valence-corrected chi connectivity index (χ2v) is 6.57. The van der Waals surface area contributed by atoms with Crippen molar-refractivity contribution < 1.29 is 4.74 Å². The highest BCUT2D eigenvalue weighted by atomic mass is 16.5. The van der Waals surface area contributed by atoms with E-state index in [2.05, 4.69) is 17.6 Å². The van der Waals surface area contributed by atoms with Crippen LogP contribution in [0.2, 0.25) is 0 Å². The number of rotatable bonds is 4. The topological polar surface area (TPSA) is 33.3 Å². The lowest BCUT2D eigenvalue weighted by Gasteiger charge is -2.24. The van der Waals surface area contributed by atoms with Crippen molar-refractivity contribution in [1.82, 2.24) is 10.6 Å². The van der Waals surface area contributed by atoms with E-state index in [1.54, 1.807) is 0 Å². The molecule has 5 unspecified atom stereocenters. The lowest BCUT2D eigenvalue weighted by atomic mass is 9.85. The summed E-state index contributed by atoms with van der Waals surface area (Å²) in [6.45, 7) is 5.38. The molecule has 0 radical (unpaired) electrons. The van der Waals surface area contributed by atoms with Crippen LogP contribution in [0.25, 0.3) is 0 Å². The molecule has 2 aliphatic heterocycles. The van der Waals surface area contributed by atoms with E-state index in [4.69, 9.17) is 4.74 Å². The summed E-state index contributed by atoms with van der Waals surface area (Å²) >= 11 is 0. The lowest BCUT2D eigenvalue weighted by molar-refractivity contribution is 0.178. The molecule has 0 aromatic rings.